The molecule has 6 rings (SSSR count). The maximum absolute atomic E-state index is 13.3. The second kappa shape index (κ2) is 5.89. The minimum Gasteiger partial charge on any atom is -0.373 e. The van der Waals surface area contributed by atoms with Crippen LogP contribution < -0.4 is 10.2 Å². The topological polar surface area (TPSA) is 75.7 Å². The van der Waals surface area contributed by atoms with Gasteiger partial charge in [0.25, 0.3) is 5.91 Å². The van der Waals surface area contributed by atoms with E-state index in [0.717, 1.165) is 50.5 Å². The summed E-state index contributed by atoms with van der Waals surface area (Å²) >= 11 is 1.49. The van der Waals surface area contributed by atoms with Gasteiger partial charge < -0.3 is 10.1 Å². The molecule has 1 saturated carbocycles. The van der Waals surface area contributed by atoms with Crippen LogP contribution in [0.25, 0.3) is 0 Å². The van der Waals surface area contributed by atoms with Crippen molar-refractivity contribution in [3.05, 3.63) is 16.0 Å². The number of fused-ring (bicyclic) bond motifs is 6. The maximum Gasteiger partial charge on any atom is 0.254 e. The van der Waals surface area contributed by atoms with Crippen LogP contribution in [0.15, 0.2) is 0 Å². The molecule has 0 unspecified atom stereocenters. The molecule has 4 fully saturated rings. The predicted molar refractivity (Wildman–Crippen MR) is 103 cm³/mol. The van der Waals surface area contributed by atoms with Crippen LogP contribution in [-0.2, 0) is 27.2 Å². The van der Waals surface area contributed by atoms with E-state index in [0.29, 0.717) is 16.5 Å². The molecule has 3 saturated heterocycles. The molecule has 5 aliphatic rings. The first kappa shape index (κ1) is 17.2. The fourth-order valence-electron chi connectivity index (χ4n) is 5.53. The van der Waals surface area contributed by atoms with E-state index in [1.165, 1.54) is 21.1 Å². The fourth-order valence-corrected chi connectivity index (χ4v) is 7.04. The molecule has 3 aliphatic heterocycles. The van der Waals surface area contributed by atoms with Crippen LogP contribution >= 0.6 is 11.3 Å². The molecule has 0 radical (unpaired) electrons. The van der Waals surface area contributed by atoms with E-state index in [2.05, 4.69) is 12.2 Å². The Morgan fingerprint density at radius 3 is 2.39 bits per heavy atom. The summed E-state index contributed by atoms with van der Waals surface area (Å²) in [5, 5.41) is 3.66. The molecule has 1 aromatic rings. The van der Waals surface area contributed by atoms with Crippen molar-refractivity contribution in [1.82, 2.24) is 5.32 Å². The number of ether oxygens (including phenoxy) is 1. The van der Waals surface area contributed by atoms with Gasteiger partial charge in [-0.05, 0) is 56.4 Å². The lowest BCUT2D eigenvalue weighted by Gasteiger charge is -2.19. The Morgan fingerprint density at radius 1 is 1.07 bits per heavy atom. The molecule has 148 valence electrons. The summed E-state index contributed by atoms with van der Waals surface area (Å²) in [6.07, 6.45) is 6.27. The zero-order valence-corrected chi connectivity index (χ0v) is 16.7. The molecule has 2 bridgehead atoms. The molecule has 1 N–H and O–H groups in total. The van der Waals surface area contributed by atoms with Crippen LogP contribution in [0.3, 0.4) is 0 Å². The van der Waals surface area contributed by atoms with Gasteiger partial charge in [-0.25, -0.2) is 4.90 Å². The van der Waals surface area contributed by atoms with Crippen molar-refractivity contribution in [1.29, 1.82) is 0 Å². The molecule has 5 atom stereocenters. The number of carbonyl (C=O) groups is 3. The van der Waals surface area contributed by atoms with Crippen molar-refractivity contribution in [2.75, 3.05) is 4.90 Å². The monoisotopic (exact) mass is 400 g/mol. The first-order valence-corrected chi connectivity index (χ1v) is 11.3. The van der Waals surface area contributed by atoms with Gasteiger partial charge >= 0.3 is 0 Å². The smallest absolute Gasteiger partial charge is 0.254 e. The van der Waals surface area contributed by atoms with E-state index in [9.17, 15) is 14.4 Å². The third kappa shape index (κ3) is 2.32. The van der Waals surface area contributed by atoms with Crippen LogP contribution in [0.1, 0.15) is 59.8 Å². The fraction of sp³-hybridized carbons (Fsp3) is 0.667. The molecular weight excluding hydrogens is 376 g/mol. The van der Waals surface area contributed by atoms with Gasteiger partial charge in [-0.2, -0.15) is 0 Å². The zero-order valence-electron chi connectivity index (χ0n) is 15.9. The van der Waals surface area contributed by atoms with Gasteiger partial charge in [0, 0.05) is 10.9 Å². The van der Waals surface area contributed by atoms with E-state index in [4.69, 9.17) is 4.74 Å². The number of nitrogens with zero attached hydrogens (tertiary/aromatic N) is 1. The lowest BCUT2D eigenvalue weighted by atomic mass is 9.81. The number of imide groups is 1. The number of carbonyl (C=O) groups excluding carboxylic acids is 3. The Morgan fingerprint density at radius 2 is 1.75 bits per heavy atom. The van der Waals surface area contributed by atoms with Crippen molar-refractivity contribution >= 4 is 34.1 Å². The molecule has 6 nitrogen and oxygen atoms in total. The Bertz CT molecular complexity index is 876. The van der Waals surface area contributed by atoms with E-state index >= 15 is 0 Å². The third-order valence-corrected chi connectivity index (χ3v) is 8.36. The van der Waals surface area contributed by atoms with Crippen LogP contribution in [0.4, 0.5) is 5.00 Å². The number of rotatable bonds is 3. The van der Waals surface area contributed by atoms with Gasteiger partial charge in [0.05, 0.1) is 29.6 Å². The Kier molecular flexibility index (Phi) is 3.61. The number of nitrogens with one attached hydrogen (secondary N) is 1. The van der Waals surface area contributed by atoms with Gasteiger partial charge in [-0.3, -0.25) is 14.4 Å². The maximum atomic E-state index is 13.3. The minimum atomic E-state index is -0.358. The molecule has 0 aromatic carbocycles. The number of anilines is 1. The number of hydrogen-bond acceptors (Lipinski definition) is 5. The van der Waals surface area contributed by atoms with Gasteiger partial charge in [0.2, 0.25) is 11.8 Å². The number of hydrogen-bond donors (Lipinski definition) is 1. The Hall–Kier alpha value is -1.73. The normalized spacial score (nSPS) is 36.0. The van der Waals surface area contributed by atoms with E-state index in [1.54, 1.807) is 0 Å². The second-order valence-corrected chi connectivity index (χ2v) is 10.2. The van der Waals surface area contributed by atoms with Gasteiger partial charge in [0.15, 0.2) is 0 Å². The SMILES string of the molecule is C[C@@H]1CCc2c(sc(N3C(=O)[C@@H]4[C@H](C3=O)[C@@H]3CC[C@H]4O3)c2C(=O)NC2CC2)C1. The lowest BCUT2D eigenvalue weighted by Crippen LogP contribution is -2.36. The van der Waals surface area contributed by atoms with Crippen LogP contribution in [0.5, 0.6) is 0 Å². The first-order valence-electron chi connectivity index (χ1n) is 10.5. The van der Waals surface area contributed by atoms with Gasteiger partial charge in [0.1, 0.15) is 5.00 Å². The molecule has 3 amide bonds. The summed E-state index contributed by atoms with van der Waals surface area (Å²) in [5.74, 6) is -0.579. The summed E-state index contributed by atoms with van der Waals surface area (Å²) < 4.78 is 5.85. The average molecular weight is 401 g/mol. The standard InChI is InChI=1S/C21H24N2O4S/c1-9-2-5-11-14(8-9)28-21(15(11)18(24)22-10-3-4-10)23-19(25)16-12-6-7-13(27-12)17(16)20(23)26/h9-10,12-13,16-17H,2-8H2,1H3,(H,22,24)/t9-,12-,13+,16+,17-/m1/s1. The highest BCUT2D eigenvalue weighted by atomic mass is 32.1. The Labute approximate surface area is 167 Å². The largest absolute Gasteiger partial charge is 0.373 e. The molecule has 0 spiro atoms. The van der Waals surface area contributed by atoms with Gasteiger partial charge in [-0.15, -0.1) is 11.3 Å². The highest BCUT2D eigenvalue weighted by Crippen LogP contribution is 2.52. The average Bonchev–Trinajstić information content (AvgIpc) is 3.03. The van der Waals surface area contributed by atoms with Gasteiger partial charge in [-0.1, -0.05) is 6.92 Å². The summed E-state index contributed by atoms with van der Waals surface area (Å²) in [7, 11) is 0. The van der Waals surface area contributed by atoms with Crippen molar-refractivity contribution in [3.8, 4) is 0 Å². The molecular formula is C21H24N2O4S. The summed E-state index contributed by atoms with van der Waals surface area (Å²) in [5.41, 5.74) is 1.65. The molecule has 7 heteroatoms. The highest BCUT2D eigenvalue weighted by molar-refractivity contribution is 7.17. The van der Waals surface area contributed by atoms with Crippen molar-refractivity contribution in [3.63, 3.8) is 0 Å². The summed E-state index contributed by atoms with van der Waals surface area (Å²) in [6.45, 7) is 2.22. The van der Waals surface area contributed by atoms with Crippen molar-refractivity contribution in [2.24, 2.45) is 17.8 Å². The molecule has 1 aromatic heterocycles. The molecule has 28 heavy (non-hydrogen) atoms. The van der Waals surface area contributed by atoms with Crippen LogP contribution in [-0.4, -0.2) is 36.0 Å². The van der Waals surface area contributed by atoms with E-state index in [1.807, 2.05) is 0 Å². The van der Waals surface area contributed by atoms with Crippen LogP contribution in [0, 0.1) is 17.8 Å². The van der Waals surface area contributed by atoms with E-state index in [-0.39, 0.29) is 47.8 Å². The van der Waals surface area contributed by atoms with E-state index < -0.39 is 0 Å². The highest BCUT2D eigenvalue weighted by Gasteiger charge is 2.63. The minimum absolute atomic E-state index is 0.110. The quantitative estimate of drug-likeness (QED) is 0.791. The third-order valence-electron chi connectivity index (χ3n) is 7.12. The first-order chi connectivity index (χ1) is 13.5. The molecule has 4 heterocycles. The van der Waals surface area contributed by atoms with Crippen molar-refractivity contribution in [2.45, 2.75) is 70.1 Å². The Balaban J connectivity index is 1.43. The summed E-state index contributed by atoms with van der Waals surface area (Å²) in [4.78, 5) is 42.2. The summed E-state index contributed by atoms with van der Waals surface area (Å²) in [6, 6.07) is 0.243. The predicted octanol–water partition coefficient (Wildman–Crippen LogP) is 2.43. The second-order valence-electron chi connectivity index (χ2n) is 9.13. The van der Waals surface area contributed by atoms with Crippen LogP contribution in [0.2, 0.25) is 0 Å². The zero-order chi connectivity index (χ0) is 19.2. The van der Waals surface area contributed by atoms with Crippen molar-refractivity contribution < 1.29 is 19.1 Å². The number of amides is 3. The molecule has 2 aliphatic carbocycles. The number of thiophene rings is 1. The lowest BCUT2D eigenvalue weighted by molar-refractivity contribution is -0.124.